The second-order valence-electron chi connectivity index (χ2n) is 2.45. The van der Waals surface area contributed by atoms with Gasteiger partial charge in [-0.15, -0.1) is 0 Å². The Labute approximate surface area is 80.2 Å². The quantitative estimate of drug-likeness (QED) is 0.528. The number of alkyl halides is 2. The van der Waals surface area contributed by atoms with Gasteiger partial charge in [-0.2, -0.15) is 0 Å². The third kappa shape index (κ3) is 2.18. The first kappa shape index (κ1) is 10.4. The van der Waals surface area contributed by atoms with Crippen molar-refractivity contribution < 1.29 is 8.78 Å². The highest BCUT2D eigenvalue weighted by molar-refractivity contribution is 5.99. The molecule has 3 nitrogen and oxygen atoms in total. The molecule has 5 heteroatoms. The molecule has 0 unspecified atom stereocenters. The Balaban J connectivity index is 3.11. The van der Waals surface area contributed by atoms with Crippen LogP contribution in [0.4, 0.5) is 8.78 Å². The average Bonchev–Trinajstić information content (AvgIpc) is 2.20. The molecule has 0 aliphatic carbocycles. The molecule has 0 aliphatic heterocycles. The van der Waals surface area contributed by atoms with Gasteiger partial charge in [0.1, 0.15) is 11.4 Å². The first-order valence-electron chi connectivity index (χ1n) is 3.88. The van der Waals surface area contributed by atoms with Crippen molar-refractivity contribution in [2.45, 2.75) is 6.43 Å². The van der Waals surface area contributed by atoms with Crippen LogP contribution in [-0.4, -0.2) is 24.6 Å². The highest BCUT2D eigenvalue weighted by Gasteiger charge is 2.10. The summed E-state index contributed by atoms with van der Waals surface area (Å²) in [4.78, 5) is 11.0. The maximum Gasteiger partial charge on any atom is 0.280 e. The minimum absolute atomic E-state index is 0.257. The van der Waals surface area contributed by atoms with Crippen LogP contribution in [0.25, 0.3) is 0 Å². The van der Waals surface area contributed by atoms with Crippen molar-refractivity contribution >= 4 is 12.6 Å². The summed E-state index contributed by atoms with van der Waals surface area (Å²) < 4.78 is 24.5. The van der Waals surface area contributed by atoms with Crippen LogP contribution in [0, 0.1) is 0 Å². The molecule has 0 aliphatic rings. The van der Waals surface area contributed by atoms with E-state index in [9.17, 15) is 8.78 Å². The van der Waals surface area contributed by atoms with Crippen LogP contribution < -0.4 is 0 Å². The second kappa shape index (κ2) is 4.55. The summed E-state index contributed by atoms with van der Waals surface area (Å²) in [5.41, 5.74) is 0.0209. The molecule has 0 spiro atoms. The molecule has 1 aromatic rings. The number of halogens is 2. The minimum Gasteiger partial charge on any atom is -0.268 e. The van der Waals surface area contributed by atoms with E-state index in [0.717, 1.165) is 0 Å². The van der Waals surface area contributed by atoms with Crippen LogP contribution in [0.15, 0.2) is 28.2 Å². The maximum absolute atomic E-state index is 12.3. The van der Waals surface area contributed by atoms with Crippen LogP contribution in [0.3, 0.4) is 0 Å². The van der Waals surface area contributed by atoms with Crippen LogP contribution >= 0.6 is 0 Å². The molecule has 1 aromatic heterocycles. The first-order valence-corrected chi connectivity index (χ1v) is 3.88. The Morgan fingerprint density at radius 2 is 2.21 bits per heavy atom. The summed E-state index contributed by atoms with van der Waals surface area (Å²) in [5.74, 6) is 0.257. The van der Waals surface area contributed by atoms with E-state index in [1.54, 1.807) is 6.07 Å². The summed E-state index contributed by atoms with van der Waals surface area (Å²) in [7, 11) is 1.50. The topological polar surface area (TPSA) is 37.6 Å². The number of rotatable bonds is 2. The molecule has 1 heterocycles. The van der Waals surface area contributed by atoms with Gasteiger partial charge < -0.3 is 0 Å². The van der Waals surface area contributed by atoms with E-state index < -0.39 is 6.43 Å². The number of amidine groups is 1. The molecular weight excluding hydrogens is 188 g/mol. The molecular formula is C9H9F2N3. The molecule has 0 saturated carbocycles. The summed E-state index contributed by atoms with van der Waals surface area (Å²) in [6, 6.07) is 4.30. The zero-order valence-corrected chi connectivity index (χ0v) is 7.61. The van der Waals surface area contributed by atoms with E-state index >= 15 is 0 Å². The lowest BCUT2D eigenvalue weighted by Crippen LogP contribution is -2.02. The van der Waals surface area contributed by atoms with Crippen molar-refractivity contribution in [1.29, 1.82) is 0 Å². The molecule has 0 atom stereocenters. The molecule has 0 fully saturated rings. The lowest BCUT2D eigenvalue weighted by atomic mass is 10.3. The second-order valence-corrected chi connectivity index (χ2v) is 2.45. The summed E-state index contributed by atoms with van der Waals surface area (Å²) in [6.45, 7) is 3.27. The molecule has 74 valence electrons. The van der Waals surface area contributed by atoms with E-state index in [2.05, 4.69) is 21.7 Å². The highest BCUT2D eigenvalue weighted by atomic mass is 19.3. The lowest BCUT2D eigenvalue weighted by molar-refractivity contribution is 0.146. The van der Waals surface area contributed by atoms with Gasteiger partial charge in [-0.05, 0) is 18.9 Å². The van der Waals surface area contributed by atoms with Gasteiger partial charge in [-0.25, -0.2) is 18.8 Å². The third-order valence-electron chi connectivity index (χ3n) is 1.58. The fraction of sp³-hybridized carbons (Fsp3) is 0.222. The number of aliphatic imine (C=N–C) groups is 2. The Kier molecular flexibility index (Phi) is 3.39. The van der Waals surface area contributed by atoms with Gasteiger partial charge in [0, 0.05) is 7.05 Å². The van der Waals surface area contributed by atoms with Crippen LogP contribution in [-0.2, 0) is 0 Å². The zero-order valence-electron chi connectivity index (χ0n) is 7.61. The van der Waals surface area contributed by atoms with Crippen molar-refractivity contribution in [3.05, 3.63) is 29.6 Å². The van der Waals surface area contributed by atoms with Crippen molar-refractivity contribution in [3.63, 3.8) is 0 Å². The fourth-order valence-corrected chi connectivity index (χ4v) is 0.964. The van der Waals surface area contributed by atoms with Gasteiger partial charge in [0.05, 0.1) is 0 Å². The van der Waals surface area contributed by atoms with Gasteiger partial charge >= 0.3 is 0 Å². The molecule has 1 rings (SSSR count). The number of nitrogens with zero attached hydrogens (tertiary/aromatic N) is 3. The molecule has 0 radical (unpaired) electrons. The smallest absolute Gasteiger partial charge is 0.268 e. The molecule has 0 bridgehead atoms. The monoisotopic (exact) mass is 197 g/mol. The van der Waals surface area contributed by atoms with Crippen molar-refractivity contribution in [1.82, 2.24) is 4.98 Å². The van der Waals surface area contributed by atoms with E-state index in [0.29, 0.717) is 5.69 Å². The van der Waals surface area contributed by atoms with Gasteiger partial charge in [-0.3, -0.25) is 4.99 Å². The van der Waals surface area contributed by atoms with Crippen LogP contribution in [0.2, 0.25) is 0 Å². The lowest BCUT2D eigenvalue weighted by Gasteiger charge is -2.02. The van der Waals surface area contributed by atoms with Crippen LogP contribution in [0.1, 0.15) is 17.8 Å². The number of aromatic nitrogens is 1. The normalized spacial score (nSPS) is 11.9. The van der Waals surface area contributed by atoms with E-state index in [-0.39, 0.29) is 11.5 Å². The molecule has 0 aromatic carbocycles. The summed E-state index contributed by atoms with van der Waals surface area (Å²) >= 11 is 0. The third-order valence-corrected chi connectivity index (χ3v) is 1.58. The van der Waals surface area contributed by atoms with Gasteiger partial charge in [0.15, 0.2) is 5.84 Å². The minimum atomic E-state index is -2.59. The summed E-state index contributed by atoms with van der Waals surface area (Å²) in [6.07, 6.45) is -2.59. The first-order chi connectivity index (χ1) is 6.69. The maximum atomic E-state index is 12.3. The average molecular weight is 197 g/mol. The Morgan fingerprint density at radius 3 is 2.71 bits per heavy atom. The number of hydrogen-bond acceptors (Lipinski definition) is 2. The predicted molar refractivity (Wildman–Crippen MR) is 51.2 cm³/mol. The van der Waals surface area contributed by atoms with Crippen molar-refractivity contribution in [2.75, 3.05) is 7.05 Å². The fourth-order valence-electron chi connectivity index (χ4n) is 0.964. The Hall–Kier alpha value is -1.65. The van der Waals surface area contributed by atoms with E-state index in [1.807, 2.05) is 0 Å². The van der Waals surface area contributed by atoms with Gasteiger partial charge in [0.25, 0.3) is 6.43 Å². The Morgan fingerprint density at radius 1 is 1.50 bits per heavy atom. The van der Waals surface area contributed by atoms with E-state index in [4.69, 9.17) is 0 Å². The van der Waals surface area contributed by atoms with Gasteiger partial charge in [-0.1, -0.05) is 6.07 Å². The van der Waals surface area contributed by atoms with Crippen molar-refractivity contribution in [3.8, 4) is 0 Å². The van der Waals surface area contributed by atoms with Gasteiger partial charge in [0.2, 0.25) is 0 Å². The summed E-state index contributed by atoms with van der Waals surface area (Å²) in [5, 5.41) is 0. The number of pyridine rings is 1. The standard InChI is InChI=1S/C9H9F2N3/c1-12-9(13-2)7-5-3-4-6(14-7)8(10)11/h3-5,8H,1H2,2H3. The number of hydrogen-bond donors (Lipinski definition) is 0. The molecule has 14 heavy (non-hydrogen) atoms. The molecule has 0 amide bonds. The Bertz CT molecular complexity index is 361. The zero-order chi connectivity index (χ0) is 10.6. The SMILES string of the molecule is C=NC(=NC)c1cccc(C(F)F)n1. The largest absolute Gasteiger partial charge is 0.280 e. The predicted octanol–water partition coefficient (Wildman–Crippen LogP) is 2.10. The van der Waals surface area contributed by atoms with E-state index in [1.165, 1.54) is 19.2 Å². The highest BCUT2D eigenvalue weighted by Crippen LogP contribution is 2.16. The molecule has 0 N–H and O–H groups in total. The van der Waals surface area contributed by atoms with Crippen LogP contribution in [0.5, 0.6) is 0 Å². The van der Waals surface area contributed by atoms with Crippen molar-refractivity contribution in [2.24, 2.45) is 9.98 Å². The molecule has 0 saturated heterocycles.